The maximum atomic E-state index is 13.1. The molecule has 1 unspecified atom stereocenters. The summed E-state index contributed by atoms with van der Waals surface area (Å²) in [6.45, 7) is 1.99. The highest BCUT2D eigenvalue weighted by Crippen LogP contribution is 2.25. The van der Waals surface area contributed by atoms with E-state index in [4.69, 9.17) is 10.5 Å². The van der Waals surface area contributed by atoms with E-state index in [-0.39, 0.29) is 11.8 Å². The Kier molecular flexibility index (Phi) is 4.63. The number of nitrogens with zero attached hydrogens (tertiary/aromatic N) is 1. The molecule has 0 saturated carbocycles. The van der Waals surface area contributed by atoms with E-state index in [1.54, 1.807) is 12.3 Å². The normalized spacial score (nSPS) is 12.2. The van der Waals surface area contributed by atoms with Crippen LogP contribution in [-0.4, -0.2) is 11.0 Å². The molecule has 0 fully saturated rings. The molecule has 20 heavy (non-hydrogen) atoms. The zero-order valence-corrected chi connectivity index (χ0v) is 11.1. The molecule has 0 radical (unpaired) electrons. The third-order valence-corrected chi connectivity index (χ3v) is 2.91. The molecule has 2 rings (SSSR count). The summed E-state index contributed by atoms with van der Waals surface area (Å²) in [5, 5.41) is 0. The Labute approximate surface area is 116 Å². The van der Waals surface area contributed by atoms with E-state index < -0.39 is 11.6 Å². The molecule has 1 aromatic carbocycles. The van der Waals surface area contributed by atoms with Crippen LogP contribution in [0.3, 0.4) is 0 Å². The lowest BCUT2D eigenvalue weighted by Gasteiger charge is -2.13. The lowest BCUT2D eigenvalue weighted by atomic mass is 10.1. The van der Waals surface area contributed by atoms with Gasteiger partial charge in [0.25, 0.3) is 0 Å². The van der Waals surface area contributed by atoms with Crippen molar-refractivity contribution in [3.8, 4) is 11.6 Å². The topological polar surface area (TPSA) is 48.1 Å². The first-order valence-electron chi connectivity index (χ1n) is 6.42. The first-order chi connectivity index (χ1) is 9.58. The van der Waals surface area contributed by atoms with E-state index in [0.717, 1.165) is 30.2 Å². The molecule has 1 heterocycles. The predicted molar refractivity (Wildman–Crippen MR) is 72.6 cm³/mol. The molecule has 2 N–H and O–H groups in total. The van der Waals surface area contributed by atoms with Crippen LogP contribution in [0.1, 0.15) is 18.9 Å². The van der Waals surface area contributed by atoms with Crippen molar-refractivity contribution in [1.82, 2.24) is 4.98 Å². The number of hydrogen-bond donors (Lipinski definition) is 1. The van der Waals surface area contributed by atoms with Crippen LogP contribution in [0.5, 0.6) is 11.6 Å². The molecule has 0 aliphatic heterocycles. The van der Waals surface area contributed by atoms with E-state index in [1.807, 2.05) is 13.0 Å². The standard InChI is InChI=1S/C15H16F2N2O/c1-2-13(18)6-10-4-3-5-19-15(10)20-14-8-11(16)7-12(17)9-14/h3-5,7-9,13H,2,6,18H2,1H3. The van der Waals surface area contributed by atoms with Crippen molar-refractivity contribution < 1.29 is 13.5 Å². The zero-order valence-electron chi connectivity index (χ0n) is 11.1. The van der Waals surface area contributed by atoms with Crippen LogP contribution < -0.4 is 10.5 Å². The number of hydrogen-bond acceptors (Lipinski definition) is 3. The number of halogens is 2. The van der Waals surface area contributed by atoms with Gasteiger partial charge in [0.15, 0.2) is 0 Å². The second-order valence-electron chi connectivity index (χ2n) is 4.55. The van der Waals surface area contributed by atoms with Crippen molar-refractivity contribution >= 4 is 0 Å². The van der Waals surface area contributed by atoms with Crippen molar-refractivity contribution in [2.75, 3.05) is 0 Å². The van der Waals surface area contributed by atoms with Crippen LogP contribution >= 0.6 is 0 Å². The van der Waals surface area contributed by atoms with E-state index in [0.29, 0.717) is 12.3 Å². The molecule has 106 valence electrons. The van der Waals surface area contributed by atoms with Crippen LogP contribution in [0.2, 0.25) is 0 Å². The first-order valence-corrected chi connectivity index (χ1v) is 6.42. The van der Waals surface area contributed by atoms with Crippen molar-refractivity contribution in [3.05, 3.63) is 53.7 Å². The molecule has 1 aromatic heterocycles. The lowest BCUT2D eigenvalue weighted by molar-refractivity contribution is 0.442. The summed E-state index contributed by atoms with van der Waals surface area (Å²) in [6, 6.07) is 6.62. The van der Waals surface area contributed by atoms with Gasteiger partial charge in [-0.25, -0.2) is 13.8 Å². The van der Waals surface area contributed by atoms with Crippen molar-refractivity contribution in [2.24, 2.45) is 5.73 Å². The van der Waals surface area contributed by atoms with Gasteiger partial charge >= 0.3 is 0 Å². The minimum absolute atomic E-state index is 0.00852. The lowest BCUT2D eigenvalue weighted by Crippen LogP contribution is -2.21. The molecule has 0 amide bonds. The first kappa shape index (κ1) is 14.4. The maximum absolute atomic E-state index is 13.1. The minimum atomic E-state index is -0.692. The summed E-state index contributed by atoms with van der Waals surface area (Å²) in [6.07, 6.45) is 2.98. The smallest absolute Gasteiger partial charge is 0.222 e. The Morgan fingerprint density at radius 3 is 2.60 bits per heavy atom. The third-order valence-electron chi connectivity index (χ3n) is 2.91. The van der Waals surface area contributed by atoms with Gasteiger partial charge in [-0.1, -0.05) is 13.0 Å². The third kappa shape index (κ3) is 3.74. The highest BCUT2D eigenvalue weighted by atomic mass is 19.1. The molecule has 2 aromatic rings. The van der Waals surface area contributed by atoms with E-state index in [1.165, 1.54) is 0 Å². The van der Waals surface area contributed by atoms with Gasteiger partial charge in [0, 0.05) is 36.0 Å². The molecule has 0 spiro atoms. The van der Waals surface area contributed by atoms with Crippen molar-refractivity contribution in [1.29, 1.82) is 0 Å². The number of pyridine rings is 1. The molecule has 0 aliphatic carbocycles. The van der Waals surface area contributed by atoms with Crippen molar-refractivity contribution in [3.63, 3.8) is 0 Å². The quantitative estimate of drug-likeness (QED) is 0.911. The predicted octanol–water partition coefficient (Wildman–Crippen LogP) is 3.43. The average molecular weight is 278 g/mol. The average Bonchev–Trinajstić information content (AvgIpc) is 2.39. The maximum Gasteiger partial charge on any atom is 0.222 e. The molecule has 0 saturated heterocycles. The fraction of sp³-hybridized carbons (Fsp3) is 0.267. The number of nitrogens with two attached hydrogens (primary N) is 1. The molecule has 5 heteroatoms. The number of ether oxygens (including phenoxy) is 1. The highest BCUT2D eigenvalue weighted by molar-refractivity contribution is 5.33. The van der Waals surface area contributed by atoms with Crippen LogP contribution in [0.4, 0.5) is 8.78 Å². The summed E-state index contributed by atoms with van der Waals surface area (Å²) in [7, 11) is 0. The number of benzene rings is 1. The van der Waals surface area contributed by atoms with Gasteiger partial charge in [-0.3, -0.25) is 0 Å². The fourth-order valence-corrected chi connectivity index (χ4v) is 1.80. The monoisotopic (exact) mass is 278 g/mol. The van der Waals surface area contributed by atoms with Gasteiger partial charge in [-0.05, 0) is 18.9 Å². The van der Waals surface area contributed by atoms with Gasteiger partial charge < -0.3 is 10.5 Å². The summed E-state index contributed by atoms with van der Waals surface area (Å²) in [5.41, 5.74) is 6.72. The second kappa shape index (κ2) is 6.43. The Hall–Kier alpha value is -2.01. The summed E-state index contributed by atoms with van der Waals surface area (Å²) in [4.78, 5) is 4.10. The molecule has 0 aliphatic rings. The van der Waals surface area contributed by atoms with Gasteiger partial charge in [-0.15, -0.1) is 0 Å². The Morgan fingerprint density at radius 1 is 1.25 bits per heavy atom. The Balaban J connectivity index is 2.24. The highest BCUT2D eigenvalue weighted by Gasteiger charge is 2.11. The van der Waals surface area contributed by atoms with Gasteiger partial charge in [0.2, 0.25) is 5.88 Å². The molecular formula is C15H16F2N2O. The molecular weight excluding hydrogens is 262 g/mol. The van der Waals surface area contributed by atoms with Crippen LogP contribution in [0.15, 0.2) is 36.5 Å². The van der Waals surface area contributed by atoms with Crippen LogP contribution in [-0.2, 0) is 6.42 Å². The van der Waals surface area contributed by atoms with E-state index in [2.05, 4.69) is 4.98 Å². The van der Waals surface area contributed by atoms with Crippen molar-refractivity contribution in [2.45, 2.75) is 25.8 Å². The van der Waals surface area contributed by atoms with E-state index >= 15 is 0 Å². The SMILES string of the molecule is CCC(N)Cc1cccnc1Oc1cc(F)cc(F)c1. The molecule has 0 bridgehead atoms. The minimum Gasteiger partial charge on any atom is -0.439 e. The summed E-state index contributed by atoms with van der Waals surface area (Å²) in [5.74, 6) is -0.987. The van der Waals surface area contributed by atoms with Crippen LogP contribution in [0.25, 0.3) is 0 Å². The zero-order chi connectivity index (χ0) is 14.5. The molecule has 1 atom stereocenters. The number of rotatable bonds is 5. The number of aromatic nitrogens is 1. The Morgan fingerprint density at radius 2 is 1.95 bits per heavy atom. The van der Waals surface area contributed by atoms with Crippen LogP contribution in [0, 0.1) is 11.6 Å². The molecule has 3 nitrogen and oxygen atoms in total. The summed E-state index contributed by atoms with van der Waals surface area (Å²) < 4.78 is 31.7. The van der Waals surface area contributed by atoms with Gasteiger partial charge in [-0.2, -0.15) is 0 Å². The largest absolute Gasteiger partial charge is 0.439 e. The van der Waals surface area contributed by atoms with Gasteiger partial charge in [0.05, 0.1) is 0 Å². The fourth-order valence-electron chi connectivity index (χ4n) is 1.80. The summed E-state index contributed by atoms with van der Waals surface area (Å²) >= 11 is 0. The van der Waals surface area contributed by atoms with E-state index in [9.17, 15) is 8.78 Å². The second-order valence-corrected chi connectivity index (χ2v) is 4.55. The Bertz CT molecular complexity index is 570. The van der Waals surface area contributed by atoms with Gasteiger partial charge in [0.1, 0.15) is 17.4 Å².